The number of methoxy groups -OCH3 is 1. The molecule has 0 bridgehead atoms. The van der Waals surface area contributed by atoms with E-state index in [1.54, 1.807) is 7.11 Å². The number of aliphatic hydroxyl groups excluding tert-OH is 1. The molecule has 0 radical (unpaired) electrons. The Labute approximate surface area is 127 Å². The SMILES string of the molecule is CCOc1ccc(C(O)C2(OC)CCCC2)cc1OCC. The van der Waals surface area contributed by atoms with Crippen LogP contribution in [0.4, 0.5) is 0 Å². The molecule has 4 nitrogen and oxygen atoms in total. The van der Waals surface area contributed by atoms with Gasteiger partial charge in [-0.2, -0.15) is 0 Å². The minimum absolute atomic E-state index is 0.462. The monoisotopic (exact) mass is 294 g/mol. The van der Waals surface area contributed by atoms with Crippen LogP contribution in [-0.2, 0) is 4.74 Å². The van der Waals surface area contributed by atoms with Crippen LogP contribution in [0.25, 0.3) is 0 Å². The lowest BCUT2D eigenvalue weighted by Crippen LogP contribution is -2.35. The highest BCUT2D eigenvalue weighted by Gasteiger charge is 2.41. The molecule has 1 unspecified atom stereocenters. The number of ether oxygens (including phenoxy) is 3. The maximum absolute atomic E-state index is 10.8. The molecule has 2 rings (SSSR count). The van der Waals surface area contributed by atoms with Crippen LogP contribution in [0.1, 0.15) is 51.2 Å². The van der Waals surface area contributed by atoms with Crippen molar-refractivity contribution in [2.45, 2.75) is 51.2 Å². The van der Waals surface area contributed by atoms with Crippen LogP contribution >= 0.6 is 0 Å². The van der Waals surface area contributed by atoms with Crippen LogP contribution in [-0.4, -0.2) is 31.0 Å². The summed E-state index contributed by atoms with van der Waals surface area (Å²) in [4.78, 5) is 0. The van der Waals surface area contributed by atoms with Crippen LogP contribution in [0.2, 0.25) is 0 Å². The van der Waals surface area contributed by atoms with Crippen LogP contribution < -0.4 is 9.47 Å². The summed E-state index contributed by atoms with van der Waals surface area (Å²) in [5.41, 5.74) is 0.363. The number of rotatable bonds is 7. The predicted octanol–water partition coefficient (Wildman–Crippen LogP) is 3.48. The second-order valence-electron chi connectivity index (χ2n) is 5.45. The molecule has 118 valence electrons. The Hall–Kier alpha value is -1.26. The maximum atomic E-state index is 10.8. The third-order valence-corrected chi connectivity index (χ3v) is 4.24. The lowest BCUT2D eigenvalue weighted by atomic mass is 9.89. The summed E-state index contributed by atoms with van der Waals surface area (Å²) in [5, 5.41) is 10.8. The number of hydrogen-bond donors (Lipinski definition) is 1. The molecule has 0 amide bonds. The zero-order chi connectivity index (χ0) is 15.3. The van der Waals surface area contributed by atoms with Gasteiger partial charge in [0.1, 0.15) is 6.10 Å². The molecule has 0 heterocycles. The van der Waals surface area contributed by atoms with Crippen LogP contribution in [0, 0.1) is 0 Å². The van der Waals surface area contributed by atoms with Gasteiger partial charge >= 0.3 is 0 Å². The summed E-state index contributed by atoms with van der Waals surface area (Å²) in [5.74, 6) is 1.40. The van der Waals surface area contributed by atoms with Gasteiger partial charge in [0.05, 0.1) is 18.8 Å². The largest absolute Gasteiger partial charge is 0.490 e. The van der Waals surface area contributed by atoms with E-state index < -0.39 is 11.7 Å². The Morgan fingerprint density at radius 2 is 1.71 bits per heavy atom. The van der Waals surface area contributed by atoms with E-state index in [0.29, 0.717) is 24.7 Å². The highest BCUT2D eigenvalue weighted by molar-refractivity contribution is 5.44. The molecule has 1 aliphatic rings. The highest BCUT2D eigenvalue weighted by atomic mass is 16.5. The Bertz CT molecular complexity index is 452. The quantitative estimate of drug-likeness (QED) is 0.836. The Balaban J connectivity index is 2.28. The standard InChI is InChI=1S/C17H26O4/c1-4-20-14-9-8-13(12-15(14)21-5-2)16(18)17(19-3)10-6-7-11-17/h8-9,12,16,18H,4-7,10-11H2,1-3H3. The smallest absolute Gasteiger partial charge is 0.161 e. The summed E-state index contributed by atoms with van der Waals surface area (Å²) in [6.07, 6.45) is 3.34. The zero-order valence-electron chi connectivity index (χ0n) is 13.2. The van der Waals surface area contributed by atoms with E-state index in [4.69, 9.17) is 14.2 Å². The van der Waals surface area contributed by atoms with Crippen LogP contribution in [0.5, 0.6) is 11.5 Å². The average molecular weight is 294 g/mol. The number of aliphatic hydroxyl groups is 1. The molecular weight excluding hydrogens is 268 g/mol. The van der Waals surface area contributed by atoms with Gasteiger partial charge in [-0.3, -0.25) is 0 Å². The Morgan fingerprint density at radius 1 is 1.10 bits per heavy atom. The van der Waals surface area contributed by atoms with Crippen molar-refractivity contribution >= 4 is 0 Å². The fourth-order valence-corrected chi connectivity index (χ4v) is 3.10. The van der Waals surface area contributed by atoms with E-state index in [9.17, 15) is 5.11 Å². The molecule has 1 atom stereocenters. The van der Waals surface area contributed by atoms with Crippen molar-refractivity contribution in [1.82, 2.24) is 0 Å². The molecule has 1 N–H and O–H groups in total. The van der Waals surface area contributed by atoms with Crippen LogP contribution in [0.3, 0.4) is 0 Å². The molecule has 1 aromatic carbocycles. The van der Waals surface area contributed by atoms with Crippen molar-refractivity contribution in [3.05, 3.63) is 23.8 Å². The first kappa shape index (κ1) is 16.1. The van der Waals surface area contributed by atoms with Crippen molar-refractivity contribution in [3.8, 4) is 11.5 Å². The fraction of sp³-hybridized carbons (Fsp3) is 0.647. The molecular formula is C17H26O4. The van der Waals surface area contributed by atoms with Crippen molar-refractivity contribution in [3.63, 3.8) is 0 Å². The first-order valence-corrected chi connectivity index (χ1v) is 7.79. The molecule has 0 spiro atoms. The van der Waals surface area contributed by atoms with Gasteiger partial charge in [-0.05, 0) is 44.4 Å². The molecule has 0 aliphatic heterocycles. The normalized spacial score (nSPS) is 18.5. The second kappa shape index (κ2) is 7.14. The average Bonchev–Trinajstić information content (AvgIpc) is 2.99. The predicted molar refractivity (Wildman–Crippen MR) is 81.9 cm³/mol. The Morgan fingerprint density at radius 3 is 2.29 bits per heavy atom. The van der Waals surface area contributed by atoms with E-state index in [1.807, 2.05) is 32.0 Å². The van der Waals surface area contributed by atoms with Crippen LogP contribution in [0.15, 0.2) is 18.2 Å². The molecule has 0 saturated heterocycles. The molecule has 1 saturated carbocycles. The van der Waals surface area contributed by atoms with Gasteiger partial charge in [0, 0.05) is 7.11 Å². The van der Waals surface area contributed by atoms with Crippen molar-refractivity contribution in [2.75, 3.05) is 20.3 Å². The minimum atomic E-state index is -0.639. The van der Waals surface area contributed by atoms with Gasteiger partial charge in [0.15, 0.2) is 11.5 Å². The van der Waals surface area contributed by atoms with Gasteiger partial charge in [-0.25, -0.2) is 0 Å². The lowest BCUT2D eigenvalue weighted by Gasteiger charge is -2.33. The van der Waals surface area contributed by atoms with Gasteiger partial charge in [-0.1, -0.05) is 18.9 Å². The van der Waals surface area contributed by atoms with Crippen molar-refractivity contribution in [1.29, 1.82) is 0 Å². The first-order chi connectivity index (χ1) is 10.2. The molecule has 1 aliphatic carbocycles. The maximum Gasteiger partial charge on any atom is 0.161 e. The van der Waals surface area contributed by atoms with E-state index in [1.165, 1.54) is 0 Å². The van der Waals surface area contributed by atoms with Crippen molar-refractivity contribution < 1.29 is 19.3 Å². The Kier molecular flexibility index (Phi) is 5.48. The first-order valence-electron chi connectivity index (χ1n) is 7.79. The summed E-state index contributed by atoms with van der Waals surface area (Å²) in [7, 11) is 1.69. The number of hydrogen-bond acceptors (Lipinski definition) is 4. The fourth-order valence-electron chi connectivity index (χ4n) is 3.10. The molecule has 1 aromatic rings. The van der Waals surface area contributed by atoms with E-state index >= 15 is 0 Å². The summed E-state index contributed by atoms with van der Waals surface area (Å²) in [6.45, 7) is 5.03. The third kappa shape index (κ3) is 3.33. The summed E-state index contributed by atoms with van der Waals surface area (Å²) >= 11 is 0. The van der Waals surface area contributed by atoms with E-state index in [0.717, 1.165) is 31.2 Å². The number of benzene rings is 1. The van der Waals surface area contributed by atoms with Gasteiger partial charge < -0.3 is 19.3 Å². The van der Waals surface area contributed by atoms with Crippen molar-refractivity contribution in [2.24, 2.45) is 0 Å². The van der Waals surface area contributed by atoms with Gasteiger partial charge in [0.25, 0.3) is 0 Å². The topological polar surface area (TPSA) is 47.9 Å². The van der Waals surface area contributed by atoms with Gasteiger partial charge in [-0.15, -0.1) is 0 Å². The van der Waals surface area contributed by atoms with E-state index in [2.05, 4.69) is 0 Å². The molecule has 1 fully saturated rings. The van der Waals surface area contributed by atoms with E-state index in [-0.39, 0.29) is 0 Å². The second-order valence-corrected chi connectivity index (χ2v) is 5.45. The summed E-state index contributed by atoms with van der Waals surface area (Å²) < 4.78 is 16.9. The lowest BCUT2D eigenvalue weighted by molar-refractivity contribution is -0.100. The highest BCUT2D eigenvalue weighted by Crippen LogP contribution is 2.44. The zero-order valence-corrected chi connectivity index (χ0v) is 13.2. The summed E-state index contributed by atoms with van der Waals surface area (Å²) in [6, 6.07) is 5.64. The minimum Gasteiger partial charge on any atom is -0.490 e. The third-order valence-electron chi connectivity index (χ3n) is 4.24. The molecule has 21 heavy (non-hydrogen) atoms. The molecule has 0 aromatic heterocycles. The molecule has 4 heteroatoms. The van der Waals surface area contributed by atoms with Gasteiger partial charge in [0.2, 0.25) is 0 Å².